The van der Waals surface area contributed by atoms with Crippen molar-refractivity contribution in [3.05, 3.63) is 65.2 Å². The molecule has 2 saturated carbocycles. The number of nitrogens with zero attached hydrogens (tertiary/aromatic N) is 1. The van der Waals surface area contributed by atoms with E-state index < -0.39 is 11.8 Å². The predicted molar refractivity (Wildman–Crippen MR) is 150 cm³/mol. The van der Waals surface area contributed by atoms with E-state index in [0.717, 1.165) is 56.9 Å². The van der Waals surface area contributed by atoms with Crippen molar-refractivity contribution < 1.29 is 28.8 Å². The lowest BCUT2D eigenvalue weighted by Gasteiger charge is -2.58. The van der Waals surface area contributed by atoms with Gasteiger partial charge in [0.25, 0.3) is 0 Å². The molecule has 1 heterocycles. The second-order valence-electron chi connectivity index (χ2n) is 12.5. The molecule has 0 radical (unpaired) electrons. The van der Waals surface area contributed by atoms with Gasteiger partial charge in [-0.05, 0) is 93.0 Å². The van der Waals surface area contributed by atoms with E-state index in [1.165, 1.54) is 36.8 Å². The second kappa shape index (κ2) is 11.3. The smallest absolute Gasteiger partial charge is 0.445 e. The number of rotatable bonds is 5. The monoisotopic (exact) mass is 547 g/mol. The molecule has 3 atom stereocenters. The molecule has 2 bridgehead atoms. The maximum Gasteiger partial charge on any atom is 0.550 e. The Morgan fingerprint density at radius 2 is 1.70 bits per heavy atom. The van der Waals surface area contributed by atoms with E-state index >= 15 is 0 Å². The van der Waals surface area contributed by atoms with Crippen molar-refractivity contribution in [3.63, 3.8) is 0 Å². The van der Waals surface area contributed by atoms with Crippen molar-refractivity contribution in [2.24, 2.45) is 5.92 Å². The van der Waals surface area contributed by atoms with Crippen molar-refractivity contribution in [1.29, 1.82) is 0 Å². The van der Waals surface area contributed by atoms with Gasteiger partial charge in [0.1, 0.15) is 12.2 Å². The Balaban J connectivity index is 1.15. The first-order valence-corrected chi connectivity index (χ1v) is 15.1. The molecule has 6 rings (SSSR count). The molecular formula is C33H41NO6. The number of ether oxygens (including phenoxy) is 2. The number of piperidine rings is 1. The van der Waals surface area contributed by atoms with Crippen LogP contribution in [0.1, 0.15) is 94.2 Å². The Labute approximate surface area is 237 Å². The topological polar surface area (TPSA) is 74.3 Å². The number of carbonyl (C=O) groups excluding carboxylic acids is 2. The van der Waals surface area contributed by atoms with Crippen LogP contribution in [0.5, 0.6) is 5.75 Å². The van der Waals surface area contributed by atoms with Crippen molar-refractivity contribution in [2.75, 3.05) is 6.54 Å². The number of benzene rings is 2. The van der Waals surface area contributed by atoms with Crippen molar-refractivity contribution >= 4 is 12.2 Å². The molecule has 3 fully saturated rings. The minimum absolute atomic E-state index is 0.000410. The van der Waals surface area contributed by atoms with Crippen LogP contribution in [0.15, 0.2) is 48.5 Å². The van der Waals surface area contributed by atoms with E-state index in [2.05, 4.69) is 12.1 Å². The molecule has 7 heteroatoms. The molecule has 3 aliphatic carbocycles. The Morgan fingerprint density at radius 1 is 0.925 bits per heavy atom. The molecule has 40 heavy (non-hydrogen) atoms. The van der Waals surface area contributed by atoms with Gasteiger partial charge in [-0.3, -0.25) is 4.89 Å². The van der Waals surface area contributed by atoms with E-state index in [1.54, 1.807) is 0 Å². The van der Waals surface area contributed by atoms with Gasteiger partial charge in [-0.25, -0.2) is 9.68 Å². The van der Waals surface area contributed by atoms with Gasteiger partial charge >= 0.3 is 12.2 Å². The fourth-order valence-electron chi connectivity index (χ4n) is 7.94. The molecule has 1 amide bonds. The van der Waals surface area contributed by atoms with Gasteiger partial charge in [0.05, 0.1) is 0 Å². The number of likely N-dealkylation sites (tertiary alicyclic amines) is 1. The lowest BCUT2D eigenvalue weighted by molar-refractivity contribution is -0.184. The van der Waals surface area contributed by atoms with Gasteiger partial charge in [-0.2, -0.15) is 4.79 Å². The minimum Gasteiger partial charge on any atom is -0.445 e. The maximum atomic E-state index is 13.3. The summed E-state index contributed by atoms with van der Waals surface area (Å²) >= 11 is 0. The van der Waals surface area contributed by atoms with Crippen molar-refractivity contribution in [2.45, 2.75) is 108 Å². The fourth-order valence-corrected chi connectivity index (χ4v) is 7.94. The first-order chi connectivity index (χ1) is 19.5. The highest BCUT2D eigenvalue weighted by Crippen LogP contribution is 2.56. The van der Waals surface area contributed by atoms with E-state index in [0.29, 0.717) is 18.2 Å². The van der Waals surface area contributed by atoms with Gasteiger partial charge in [-0.15, -0.1) is 0 Å². The van der Waals surface area contributed by atoms with E-state index in [4.69, 9.17) is 19.2 Å². The highest BCUT2D eigenvalue weighted by Gasteiger charge is 2.55. The van der Waals surface area contributed by atoms with Crippen LogP contribution in [-0.4, -0.2) is 35.3 Å². The summed E-state index contributed by atoms with van der Waals surface area (Å²) in [7, 11) is 0. The first-order valence-electron chi connectivity index (χ1n) is 15.1. The number of amides is 1. The zero-order valence-electron chi connectivity index (χ0n) is 23.6. The first kappa shape index (κ1) is 27.0. The Morgan fingerprint density at radius 3 is 2.50 bits per heavy atom. The summed E-state index contributed by atoms with van der Waals surface area (Å²) < 4.78 is 11.5. The molecule has 7 nitrogen and oxygen atoms in total. The summed E-state index contributed by atoms with van der Waals surface area (Å²) in [6.07, 6.45) is 11.4. The standard InChI is InChI=1S/C33H41NO6/c1-32(16-8-2-3-9-17-32)38-31(36)40-39-26-15-14-25-21-29-27-13-7-10-18-33(27,28(25)22-26)19-20-34(29)30(35)37-23-24-11-5-4-6-12-24/h4-6,11-12,14-15,22,27,29H,2-3,7-10,13,16-21,23H2,1H3/t27-,29+,33+/m0/s1. The van der Waals surface area contributed by atoms with Gasteiger partial charge in [0.2, 0.25) is 0 Å². The summed E-state index contributed by atoms with van der Waals surface area (Å²) in [5, 5.41) is 0. The maximum absolute atomic E-state index is 13.3. The largest absolute Gasteiger partial charge is 0.550 e. The molecule has 2 aromatic carbocycles. The Hall–Kier alpha value is -3.22. The number of fused-ring (bicyclic) bond motifs is 1. The molecule has 0 spiro atoms. The highest BCUT2D eigenvalue weighted by atomic mass is 17.2. The predicted octanol–water partition coefficient (Wildman–Crippen LogP) is 7.64. The molecule has 0 unspecified atom stereocenters. The molecule has 0 N–H and O–H groups in total. The van der Waals surface area contributed by atoms with Crippen LogP contribution >= 0.6 is 0 Å². The SMILES string of the molecule is CC1(OC(=O)OOc2ccc3c(c2)[C@@]24CCCC[C@H]2[C@@H](C3)N(C(=O)OCc2ccccc2)CC4)CCCCCC1. The van der Waals surface area contributed by atoms with Crippen molar-refractivity contribution in [1.82, 2.24) is 4.90 Å². The number of carbonyl (C=O) groups is 2. The third-order valence-corrected chi connectivity index (χ3v) is 9.94. The van der Waals surface area contributed by atoms with Crippen LogP contribution in [0.3, 0.4) is 0 Å². The zero-order valence-corrected chi connectivity index (χ0v) is 23.6. The van der Waals surface area contributed by atoms with Gasteiger partial charge < -0.3 is 14.4 Å². The third kappa shape index (κ3) is 5.39. The quantitative estimate of drug-likeness (QED) is 0.166. The molecule has 0 aromatic heterocycles. The Kier molecular flexibility index (Phi) is 7.65. The molecule has 4 aliphatic rings. The van der Waals surface area contributed by atoms with E-state index in [-0.39, 0.29) is 24.2 Å². The van der Waals surface area contributed by atoms with Crippen LogP contribution < -0.4 is 4.89 Å². The molecular weight excluding hydrogens is 506 g/mol. The molecule has 1 saturated heterocycles. The van der Waals surface area contributed by atoms with Gasteiger partial charge in [-0.1, -0.05) is 62.1 Å². The second-order valence-corrected chi connectivity index (χ2v) is 12.5. The number of hydrogen-bond donors (Lipinski definition) is 0. The lowest BCUT2D eigenvalue weighted by atomic mass is 9.52. The summed E-state index contributed by atoms with van der Waals surface area (Å²) in [4.78, 5) is 38.5. The zero-order chi connectivity index (χ0) is 27.6. The van der Waals surface area contributed by atoms with Crippen LogP contribution in [0, 0.1) is 5.92 Å². The molecule has 214 valence electrons. The fraction of sp³-hybridized carbons (Fsp3) is 0.576. The average Bonchev–Trinajstić information content (AvgIpc) is 3.19. The van der Waals surface area contributed by atoms with Crippen LogP contribution in [-0.2, 0) is 32.8 Å². The van der Waals surface area contributed by atoms with Crippen LogP contribution in [0.2, 0.25) is 0 Å². The average molecular weight is 548 g/mol. The molecule has 1 aliphatic heterocycles. The van der Waals surface area contributed by atoms with Crippen LogP contribution in [0.25, 0.3) is 0 Å². The van der Waals surface area contributed by atoms with Gasteiger partial charge in [0.15, 0.2) is 5.75 Å². The molecule has 2 aromatic rings. The minimum atomic E-state index is -0.779. The lowest BCUT2D eigenvalue weighted by Crippen LogP contribution is -2.62. The Bertz CT molecular complexity index is 1210. The summed E-state index contributed by atoms with van der Waals surface area (Å²) in [5.41, 5.74) is 3.03. The normalized spacial score (nSPS) is 26.9. The summed E-state index contributed by atoms with van der Waals surface area (Å²) in [6.45, 7) is 2.96. The van der Waals surface area contributed by atoms with Gasteiger partial charge in [0, 0.05) is 18.0 Å². The van der Waals surface area contributed by atoms with E-state index in [1.807, 2.05) is 48.2 Å². The summed E-state index contributed by atoms with van der Waals surface area (Å²) in [5.74, 6) is 0.895. The number of hydrogen-bond acceptors (Lipinski definition) is 6. The third-order valence-electron chi connectivity index (χ3n) is 9.94. The summed E-state index contributed by atoms with van der Waals surface area (Å²) in [6, 6.07) is 16.0. The van der Waals surface area contributed by atoms with Crippen molar-refractivity contribution in [3.8, 4) is 5.75 Å². The van der Waals surface area contributed by atoms with Crippen LogP contribution in [0.4, 0.5) is 9.59 Å². The highest BCUT2D eigenvalue weighted by molar-refractivity contribution is 5.69. The van der Waals surface area contributed by atoms with E-state index in [9.17, 15) is 9.59 Å².